The van der Waals surface area contributed by atoms with Crippen molar-refractivity contribution in [3.8, 4) is 0 Å². The zero-order valence-corrected chi connectivity index (χ0v) is 8.62. The van der Waals surface area contributed by atoms with E-state index in [1.54, 1.807) is 0 Å². The summed E-state index contributed by atoms with van der Waals surface area (Å²) >= 11 is 0. The zero-order chi connectivity index (χ0) is 11.0. The molecular formula is C11H13NO3. The van der Waals surface area contributed by atoms with E-state index in [-0.39, 0.29) is 5.69 Å². The van der Waals surface area contributed by atoms with Crippen LogP contribution in [0.2, 0.25) is 0 Å². The van der Waals surface area contributed by atoms with Crippen LogP contribution in [0.15, 0.2) is 6.07 Å². The molecule has 4 nitrogen and oxygen atoms in total. The lowest BCUT2D eigenvalue weighted by Gasteiger charge is -2.10. The van der Waals surface area contributed by atoms with Crippen LogP contribution in [0.25, 0.3) is 0 Å². The van der Waals surface area contributed by atoms with Gasteiger partial charge in [-0.3, -0.25) is 0 Å². The molecule has 4 heteroatoms. The Morgan fingerprint density at radius 2 is 2.33 bits per heavy atom. The van der Waals surface area contributed by atoms with Crippen LogP contribution in [0.4, 0.5) is 0 Å². The van der Waals surface area contributed by atoms with Gasteiger partial charge in [-0.1, -0.05) is 6.92 Å². The van der Waals surface area contributed by atoms with Gasteiger partial charge >= 0.3 is 11.7 Å². The number of aryl methyl sites for hydroxylation is 1. The first-order valence-electron chi connectivity index (χ1n) is 5.15. The van der Waals surface area contributed by atoms with Gasteiger partial charge in [0.15, 0.2) is 5.69 Å². The van der Waals surface area contributed by atoms with E-state index < -0.39 is 5.97 Å². The first-order valence-corrected chi connectivity index (χ1v) is 5.15. The molecule has 0 aliphatic heterocycles. The van der Waals surface area contributed by atoms with Crippen molar-refractivity contribution in [3.05, 3.63) is 33.8 Å². The third-order valence-corrected chi connectivity index (χ3v) is 2.94. The third kappa shape index (κ3) is 1.46. The molecule has 15 heavy (non-hydrogen) atoms. The number of hydrogen-bond donors (Lipinski definition) is 1. The van der Waals surface area contributed by atoms with Crippen LogP contribution >= 0.6 is 0 Å². The molecule has 0 unspecified atom stereocenters. The van der Waals surface area contributed by atoms with E-state index in [9.17, 15) is 10.0 Å². The van der Waals surface area contributed by atoms with Crippen LogP contribution in [0.5, 0.6) is 0 Å². The Balaban J connectivity index is 2.67. The second kappa shape index (κ2) is 3.53. The molecule has 0 bridgehead atoms. The number of fused-ring (bicyclic) bond motifs is 1. The monoisotopic (exact) mass is 207 g/mol. The Morgan fingerprint density at radius 1 is 1.60 bits per heavy atom. The lowest BCUT2D eigenvalue weighted by Crippen LogP contribution is -2.40. The van der Waals surface area contributed by atoms with Gasteiger partial charge in [0.2, 0.25) is 0 Å². The molecule has 0 radical (unpaired) electrons. The van der Waals surface area contributed by atoms with E-state index in [1.807, 2.05) is 6.92 Å². The number of aromatic carboxylic acids is 1. The van der Waals surface area contributed by atoms with Crippen molar-refractivity contribution in [1.82, 2.24) is 0 Å². The SMILES string of the molecule is CCc1c2c(cc(C(=O)O)[n+]1[O-])CCC2. The van der Waals surface area contributed by atoms with E-state index >= 15 is 0 Å². The Kier molecular flexibility index (Phi) is 2.34. The molecule has 0 saturated heterocycles. The van der Waals surface area contributed by atoms with Gasteiger partial charge in [0.25, 0.3) is 0 Å². The number of hydrogen-bond acceptors (Lipinski definition) is 2. The van der Waals surface area contributed by atoms with Crippen molar-refractivity contribution >= 4 is 5.97 Å². The molecule has 0 fully saturated rings. The van der Waals surface area contributed by atoms with Crippen molar-refractivity contribution in [1.29, 1.82) is 0 Å². The molecular weight excluding hydrogens is 194 g/mol. The molecule has 0 aromatic carbocycles. The van der Waals surface area contributed by atoms with Gasteiger partial charge in [-0.05, 0) is 24.8 Å². The highest BCUT2D eigenvalue weighted by atomic mass is 16.5. The number of pyridine rings is 1. The summed E-state index contributed by atoms with van der Waals surface area (Å²) in [5.41, 5.74) is 2.59. The molecule has 1 aliphatic rings. The fourth-order valence-corrected chi connectivity index (χ4v) is 2.25. The quantitative estimate of drug-likeness (QED) is 0.582. The molecule has 0 atom stereocenters. The highest BCUT2D eigenvalue weighted by molar-refractivity contribution is 5.84. The summed E-state index contributed by atoms with van der Waals surface area (Å²) < 4.78 is 0.576. The predicted molar refractivity (Wildman–Crippen MR) is 53.8 cm³/mol. The Bertz CT molecular complexity index is 426. The normalized spacial score (nSPS) is 13.9. The average Bonchev–Trinajstić information content (AvgIpc) is 2.64. The topological polar surface area (TPSA) is 64.2 Å². The van der Waals surface area contributed by atoms with Crippen molar-refractivity contribution in [2.24, 2.45) is 0 Å². The van der Waals surface area contributed by atoms with Crippen LogP contribution in [-0.2, 0) is 19.3 Å². The van der Waals surface area contributed by atoms with Crippen LogP contribution < -0.4 is 4.73 Å². The van der Waals surface area contributed by atoms with Crippen molar-refractivity contribution in [2.75, 3.05) is 0 Å². The molecule has 2 rings (SSSR count). The van der Waals surface area contributed by atoms with Crippen molar-refractivity contribution in [2.45, 2.75) is 32.6 Å². The summed E-state index contributed by atoms with van der Waals surface area (Å²) in [5, 5.41) is 20.6. The number of nitrogens with zero attached hydrogens (tertiary/aromatic N) is 1. The second-order valence-corrected chi connectivity index (χ2v) is 3.79. The summed E-state index contributed by atoms with van der Waals surface area (Å²) in [4.78, 5) is 10.9. The van der Waals surface area contributed by atoms with Crippen LogP contribution in [0.1, 0.15) is 40.7 Å². The number of carboxylic acid groups (broad SMARTS) is 1. The minimum absolute atomic E-state index is 0.146. The number of aromatic nitrogens is 1. The molecule has 1 aromatic heterocycles. The fourth-order valence-electron chi connectivity index (χ4n) is 2.25. The first-order chi connectivity index (χ1) is 7.15. The Hall–Kier alpha value is -1.58. The first kappa shape index (κ1) is 9.96. The van der Waals surface area contributed by atoms with E-state index in [0.717, 1.165) is 30.4 Å². The molecule has 0 amide bonds. The number of rotatable bonds is 2. The molecule has 1 heterocycles. The predicted octanol–water partition coefficient (Wildman–Crippen LogP) is 1.07. The van der Waals surface area contributed by atoms with Crippen LogP contribution in [0.3, 0.4) is 0 Å². The molecule has 80 valence electrons. The lowest BCUT2D eigenvalue weighted by atomic mass is 10.1. The molecule has 1 aromatic rings. The van der Waals surface area contributed by atoms with E-state index in [4.69, 9.17) is 5.11 Å². The van der Waals surface area contributed by atoms with E-state index in [2.05, 4.69) is 0 Å². The van der Waals surface area contributed by atoms with E-state index in [0.29, 0.717) is 16.8 Å². The summed E-state index contributed by atoms with van der Waals surface area (Å²) in [5.74, 6) is -1.14. The van der Waals surface area contributed by atoms with Gasteiger partial charge in [0.1, 0.15) is 0 Å². The summed E-state index contributed by atoms with van der Waals surface area (Å²) in [6.07, 6.45) is 3.41. The highest BCUT2D eigenvalue weighted by Crippen LogP contribution is 2.24. The third-order valence-electron chi connectivity index (χ3n) is 2.94. The standard InChI is InChI=1S/C11H13NO3/c1-2-9-8-5-3-4-7(8)6-10(11(13)14)12(9)15/h6H,2-5H2,1H3,(H,13,14). The van der Waals surface area contributed by atoms with Crippen LogP contribution in [-0.4, -0.2) is 11.1 Å². The zero-order valence-electron chi connectivity index (χ0n) is 8.62. The summed E-state index contributed by atoms with van der Waals surface area (Å²) in [7, 11) is 0. The largest absolute Gasteiger partial charge is 0.618 e. The average molecular weight is 207 g/mol. The molecule has 0 spiro atoms. The van der Waals surface area contributed by atoms with Gasteiger partial charge in [-0.25, -0.2) is 4.79 Å². The van der Waals surface area contributed by atoms with Crippen LogP contribution in [0, 0.1) is 5.21 Å². The smallest absolute Gasteiger partial charge is 0.402 e. The van der Waals surface area contributed by atoms with Gasteiger partial charge in [-0.2, -0.15) is 4.73 Å². The van der Waals surface area contributed by atoms with Gasteiger partial charge < -0.3 is 10.3 Å². The Morgan fingerprint density at radius 3 is 2.93 bits per heavy atom. The maximum Gasteiger partial charge on any atom is 0.402 e. The van der Waals surface area contributed by atoms with Gasteiger partial charge in [-0.15, -0.1) is 0 Å². The molecule has 0 saturated carbocycles. The number of carboxylic acids is 1. The summed E-state index contributed by atoms with van der Waals surface area (Å²) in [6.45, 7) is 1.88. The van der Waals surface area contributed by atoms with Crippen molar-refractivity contribution in [3.63, 3.8) is 0 Å². The van der Waals surface area contributed by atoms with Gasteiger partial charge in [0.05, 0.1) is 0 Å². The Labute approximate surface area is 87.7 Å². The second-order valence-electron chi connectivity index (χ2n) is 3.79. The summed E-state index contributed by atoms with van der Waals surface area (Å²) in [6, 6.07) is 1.52. The fraction of sp³-hybridized carbons (Fsp3) is 0.455. The highest BCUT2D eigenvalue weighted by Gasteiger charge is 2.26. The maximum atomic E-state index is 11.7. The molecule has 1 aliphatic carbocycles. The maximum absolute atomic E-state index is 11.7. The van der Waals surface area contributed by atoms with Crippen molar-refractivity contribution < 1.29 is 14.6 Å². The minimum Gasteiger partial charge on any atom is -0.618 e. The van der Waals surface area contributed by atoms with E-state index in [1.165, 1.54) is 6.07 Å². The number of carbonyl (C=O) groups is 1. The lowest BCUT2D eigenvalue weighted by molar-refractivity contribution is -0.617. The van der Waals surface area contributed by atoms with Gasteiger partial charge in [0, 0.05) is 18.1 Å². The minimum atomic E-state index is -1.14. The molecule has 1 N–H and O–H groups in total.